The van der Waals surface area contributed by atoms with Crippen molar-refractivity contribution >= 4 is 0 Å². The third-order valence-electron chi connectivity index (χ3n) is 3.13. The van der Waals surface area contributed by atoms with Crippen LogP contribution in [0.3, 0.4) is 0 Å². The Bertz CT molecular complexity index is 575. The van der Waals surface area contributed by atoms with Crippen LogP contribution in [0.25, 0.3) is 0 Å². The quantitative estimate of drug-likeness (QED) is 0.791. The van der Waals surface area contributed by atoms with E-state index in [9.17, 15) is 0 Å². The molecule has 21 heavy (non-hydrogen) atoms. The van der Waals surface area contributed by atoms with Crippen LogP contribution >= 0.6 is 0 Å². The van der Waals surface area contributed by atoms with E-state index >= 15 is 0 Å². The van der Waals surface area contributed by atoms with Crippen molar-refractivity contribution < 1.29 is 14.2 Å². The van der Waals surface area contributed by atoms with Gasteiger partial charge in [-0.2, -0.15) is 0 Å². The molecule has 1 aromatic heterocycles. The van der Waals surface area contributed by atoms with Crippen molar-refractivity contribution in [1.29, 1.82) is 0 Å². The highest BCUT2D eigenvalue weighted by Crippen LogP contribution is 2.31. The van der Waals surface area contributed by atoms with E-state index in [1.165, 1.54) is 0 Å². The molecule has 2 N–H and O–H groups in total. The number of pyridine rings is 1. The topological polar surface area (TPSA) is 66.6 Å². The zero-order valence-corrected chi connectivity index (χ0v) is 12.3. The molecular weight excluding hydrogens is 268 g/mol. The first-order valence-corrected chi connectivity index (χ1v) is 6.73. The number of methoxy groups -OCH3 is 2. The summed E-state index contributed by atoms with van der Waals surface area (Å²) in [6.07, 6.45) is 1.68. The molecule has 0 saturated carbocycles. The summed E-state index contributed by atoms with van der Waals surface area (Å²) in [6.45, 7) is 1.00. The molecule has 0 radical (unpaired) electrons. The van der Waals surface area contributed by atoms with Gasteiger partial charge in [0.25, 0.3) is 0 Å². The molecule has 1 atom stereocenters. The fourth-order valence-corrected chi connectivity index (χ4v) is 2.08. The standard InChI is InChI=1S/C16H20N2O3/c1-19-10-11-21-14-8-4-3-6-12(14)15(17)13-7-5-9-18-16(13)20-2/h3-9,15H,10-11,17H2,1-2H3. The SMILES string of the molecule is COCCOc1ccccc1C(N)c1cccnc1OC. The first kappa shape index (κ1) is 15.3. The molecule has 2 rings (SSSR count). The molecule has 112 valence electrons. The molecule has 2 aromatic rings. The Morgan fingerprint density at radius 2 is 1.81 bits per heavy atom. The predicted molar refractivity (Wildman–Crippen MR) is 80.6 cm³/mol. The molecule has 0 aliphatic carbocycles. The van der Waals surface area contributed by atoms with Crippen LogP contribution in [-0.4, -0.2) is 32.4 Å². The van der Waals surface area contributed by atoms with Crippen LogP contribution in [0.1, 0.15) is 17.2 Å². The van der Waals surface area contributed by atoms with Crippen LogP contribution in [0.4, 0.5) is 0 Å². The molecule has 0 fully saturated rings. The van der Waals surface area contributed by atoms with Gasteiger partial charge in [-0.15, -0.1) is 0 Å². The van der Waals surface area contributed by atoms with Crippen molar-refractivity contribution in [2.24, 2.45) is 5.73 Å². The normalized spacial score (nSPS) is 12.0. The van der Waals surface area contributed by atoms with Gasteiger partial charge >= 0.3 is 0 Å². The minimum absolute atomic E-state index is 0.368. The smallest absolute Gasteiger partial charge is 0.218 e. The summed E-state index contributed by atoms with van der Waals surface area (Å²) in [6, 6.07) is 11.1. The lowest BCUT2D eigenvalue weighted by molar-refractivity contribution is 0.145. The summed E-state index contributed by atoms with van der Waals surface area (Å²) in [4.78, 5) is 4.19. The first-order valence-electron chi connectivity index (χ1n) is 6.73. The van der Waals surface area contributed by atoms with E-state index in [-0.39, 0.29) is 6.04 Å². The molecule has 0 aliphatic heterocycles. The highest BCUT2D eigenvalue weighted by Gasteiger charge is 2.18. The maximum absolute atomic E-state index is 6.37. The number of aromatic nitrogens is 1. The predicted octanol–water partition coefficient (Wildman–Crippen LogP) is 2.16. The third-order valence-corrected chi connectivity index (χ3v) is 3.13. The van der Waals surface area contributed by atoms with E-state index in [0.29, 0.717) is 19.1 Å². The van der Waals surface area contributed by atoms with Gasteiger partial charge in [-0.1, -0.05) is 24.3 Å². The van der Waals surface area contributed by atoms with Crippen LogP contribution in [0.15, 0.2) is 42.6 Å². The molecule has 0 aliphatic rings. The number of hydrogen-bond donors (Lipinski definition) is 1. The molecule has 1 heterocycles. The molecule has 0 bridgehead atoms. The van der Waals surface area contributed by atoms with Gasteiger partial charge in [0, 0.05) is 24.4 Å². The molecular formula is C16H20N2O3. The lowest BCUT2D eigenvalue weighted by Crippen LogP contribution is -2.16. The van der Waals surface area contributed by atoms with E-state index in [0.717, 1.165) is 16.9 Å². The molecule has 5 nitrogen and oxygen atoms in total. The van der Waals surface area contributed by atoms with Crippen molar-refractivity contribution in [2.75, 3.05) is 27.4 Å². The van der Waals surface area contributed by atoms with Gasteiger partial charge in [0.15, 0.2) is 0 Å². The summed E-state index contributed by atoms with van der Waals surface area (Å²) in [5.41, 5.74) is 8.08. The Hall–Kier alpha value is -2.11. The average molecular weight is 288 g/mol. The van der Waals surface area contributed by atoms with Gasteiger partial charge in [0.05, 0.1) is 19.8 Å². The Morgan fingerprint density at radius 3 is 2.57 bits per heavy atom. The highest BCUT2D eigenvalue weighted by atomic mass is 16.5. The Morgan fingerprint density at radius 1 is 1.05 bits per heavy atom. The number of nitrogens with two attached hydrogens (primary N) is 1. The van der Waals surface area contributed by atoms with Gasteiger partial charge in [-0.3, -0.25) is 0 Å². The van der Waals surface area contributed by atoms with Gasteiger partial charge in [-0.25, -0.2) is 4.98 Å². The van der Waals surface area contributed by atoms with Crippen LogP contribution in [0.2, 0.25) is 0 Å². The van der Waals surface area contributed by atoms with Gasteiger partial charge in [-0.05, 0) is 12.1 Å². The largest absolute Gasteiger partial charge is 0.491 e. The maximum Gasteiger partial charge on any atom is 0.218 e. The van der Waals surface area contributed by atoms with Crippen molar-refractivity contribution in [3.8, 4) is 11.6 Å². The highest BCUT2D eigenvalue weighted by molar-refractivity contribution is 5.43. The Labute approximate surface area is 124 Å². The number of benzene rings is 1. The van der Waals surface area contributed by atoms with E-state index in [4.69, 9.17) is 19.9 Å². The zero-order valence-electron chi connectivity index (χ0n) is 12.3. The van der Waals surface area contributed by atoms with E-state index in [1.807, 2.05) is 36.4 Å². The minimum atomic E-state index is -0.368. The van der Waals surface area contributed by atoms with Crippen molar-refractivity contribution in [3.63, 3.8) is 0 Å². The van der Waals surface area contributed by atoms with E-state index in [1.54, 1.807) is 20.4 Å². The van der Waals surface area contributed by atoms with Crippen molar-refractivity contribution in [1.82, 2.24) is 4.98 Å². The van der Waals surface area contributed by atoms with Crippen LogP contribution in [-0.2, 0) is 4.74 Å². The second-order valence-electron chi connectivity index (χ2n) is 4.46. The van der Waals surface area contributed by atoms with Gasteiger partial charge in [0.1, 0.15) is 12.4 Å². The number of ether oxygens (including phenoxy) is 3. The van der Waals surface area contributed by atoms with Crippen molar-refractivity contribution in [3.05, 3.63) is 53.7 Å². The van der Waals surface area contributed by atoms with E-state index < -0.39 is 0 Å². The molecule has 0 amide bonds. The molecule has 5 heteroatoms. The average Bonchev–Trinajstić information content (AvgIpc) is 2.55. The van der Waals surface area contributed by atoms with E-state index in [2.05, 4.69) is 4.98 Å². The first-order chi connectivity index (χ1) is 10.3. The number of para-hydroxylation sites is 1. The fraction of sp³-hybridized carbons (Fsp3) is 0.312. The molecule has 1 aromatic carbocycles. The summed E-state index contributed by atoms with van der Waals surface area (Å²) in [7, 11) is 3.22. The molecule has 0 spiro atoms. The maximum atomic E-state index is 6.37. The Balaban J connectivity index is 2.28. The van der Waals surface area contributed by atoms with Crippen LogP contribution < -0.4 is 15.2 Å². The fourth-order valence-electron chi connectivity index (χ4n) is 2.08. The second kappa shape index (κ2) is 7.61. The number of rotatable bonds is 7. The molecule has 1 unspecified atom stereocenters. The van der Waals surface area contributed by atoms with Crippen molar-refractivity contribution in [2.45, 2.75) is 6.04 Å². The number of nitrogens with zero attached hydrogens (tertiary/aromatic N) is 1. The Kier molecular flexibility index (Phi) is 5.54. The summed E-state index contributed by atoms with van der Waals surface area (Å²) < 4.78 is 16.0. The third kappa shape index (κ3) is 3.71. The summed E-state index contributed by atoms with van der Waals surface area (Å²) >= 11 is 0. The summed E-state index contributed by atoms with van der Waals surface area (Å²) in [5, 5.41) is 0. The molecule has 0 saturated heterocycles. The number of hydrogen-bond acceptors (Lipinski definition) is 5. The summed E-state index contributed by atoms with van der Waals surface area (Å²) in [5.74, 6) is 1.27. The lowest BCUT2D eigenvalue weighted by Gasteiger charge is -2.18. The van der Waals surface area contributed by atoms with Gasteiger partial charge < -0.3 is 19.9 Å². The minimum Gasteiger partial charge on any atom is -0.491 e. The monoisotopic (exact) mass is 288 g/mol. The van der Waals surface area contributed by atoms with Crippen LogP contribution in [0, 0.1) is 0 Å². The van der Waals surface area contributed by atoms with Crippen LogP contribution in [0.5, 0.6) is 11.6 Å². The van der Waals surface area contributed by atoms with Gasteiger partial charge in [0.2, 0.25) is 5.88 Å². The zero-order chi connectivity index (χ0) is 15.1. The lowest BCUT2D eigenvalue weighted by atomic mass is 9.99. The second-order valence-corrected chi connectivity index (χ2v) is 4.46.